The fourth-order valence-electron chi connectivity index (χ4n) is 2.88. The summed E-state index contributed by atoms with van der Waals surface area (Å²) in [5.74, 6) is 0.780. The van der Waals surface area contributed by atoms with E-state index in [1.54, 1.807) is 7.11 Å². The van der Waals surface area contributed by atoms with E-state index in [1.807, 2.05) is 57.2 Å². The third kappa shape index (κ3) is 4.47. The highest BCUT2D eigenvalue weighted by Crippen LogP contribution is 2.34. The zero-order chi connectivity index (χ0) is 19.3. The average Bonchev–Trinajstić information content (AvgIpc) is 2.66. The number of rotatable bonds is 6. The van der Waals surface area contributed by atoms with Crippen LogP contribution in [-0.2, 0) is 4.79 Å². The van der Waals surface area contributed by atoms with Gasteiger partial charge in [0.05, 0.1) is 7.11 Å². The van der Waals surface area contributed by atoms with Crippen molar-refractivity contribution in [3.05, 3.63) is 58.1 Å². The van der Waals surface area contributed by atoms with Crippen LogP contribution < -0.4 is 10.1 Å². The predicted octanol–water partition coefficient (Wildman–Crippen LogP) is 5.64. The fourth-order valence-corrected chi connectivity index (χ4v) is 3.10. The van der Waals surface area contributed by atoms with Crippen LogP contribution in [0.5, 0.6) is 5.75 Å². The van der Waals surface area contributed by atoms with Gasteiger partial charge in [0.15, 0.2) is 0 Å². The summed E-state index contributed by atoms with van der Waals surface area (Å²) in [6, 6.07) is 11.8. The molecule has 2 aromatic carbocycles. The van der Waals surface area contributed by atoms with Gasteiger partial charge in [-0.25, -0.2) is 0 Å². The van der Waals surface area contributed by atoms with E-state index in [0.717, 1.165) is 40.0 Å². The zero-order valence-electron chi connectivity index (χ0n) is 16.1. The Hall–Kier alpha value is -2.26. The van der Waals surface area contributed by atoms with Gasteiger partial charge in [-0.3, -0.25) is 4.79 Å². The monoisotopic (exact) mass is 371 g/mol. The van der Waals surface area contributed by atoms with Gasteiger partial charge in [0.25, 0.3) is 0 Å². The van der Waals surface area contributed by atoms with Gasteiger partial charge in [-0.05, 0) is 79.3 Å². The number of ether oxygens (including phenoxy) is 1. The van der Waals surface area contributed by atoms with Gasteiger partial charge in [-0.1, -0.05) is 30.7 Å². The molecule has 0 saturated heterocycles. The normalized spacial score (nSPS) is 11.8. The Balaban J connectivity index is 2.50. The molecule has 0 radical (unpaired) electrons. The number of hydrogen-bond donors (Lipinski definition) is 1. The molecule has 0 spiro atoms. The first-order valence-corrected chi connectivity index (χ1v) is 9.17. The second-order valence-corrected chi connectivity index (χ2v) is 6.80. The van der Waals surface area contributed by atoms with Crippen molar-refractivity contribution in [2.45, 2.75) is 34.1 Å². The minimum atomic E-state index is -0.0327. The molecule has 138 valence electrons. The van der Waals surface area contributed by atoms with Crippen LogP contribution >= 0.6 is 11.6 Å². The van der Waals surface area contributed by atoms with Crippen molar-refractivity contribution in [1.82, 2.24) is 5.32 Å². The molecule has 4 heteroatoms. The van der Waals surface area contributed by atoms with Crippen molar-refractivity contribution in [3.63, 3.8) is 0 Å². The van der Waals surface area contributed by atoms with E-state index >= 15 is 0 Å². The fraction of sp³-hybridized carbons (Fsp3) is 0.318. The van der Waals surface area contributed by atoms with Crippen LogP contribution in [0, 0.1) is 6.92 Å². The molecular weight excluding hydrogens is 346 g/mol. The molecule has 0 heterocycles. The Kier molecular flexibility index (Phi) is 6.87. The average molecular weight is 372 g/mol. The number of carbonyl (C=O) groups excluding carboxylic acids is 1. The molecule has 0 unspecified atom stereocenters. The highest BCUT2D eigenvalue weighted by Gasteiger charge is 2.14. The van der Waals surface area contributed by atoms with E-state index in [2.05, 4.69) is 12.2 Å². The van der Waals surface area contributed by atoms with Gasteiger partial charge in [-0.2, -0.15) is 0 Å². The molecule has 0 saturated carbocycles. The maximum Gasteiger partial charge on any atom is 0.247 e. The molecule has 0 bridgehead atoms. The summed E-state index contributed by atoms with van der Waals surface area (Å²) < 4.78 is 5.23. The SMILES string of the molecule is CCCNC(=O)/C(C)=C(\C)c1cc(Cl)cc(-c2ccc(OC)cc2)c1C. The van der Waals surface area contributed by atoms with Crippen LogP contribution in [0.1, 0.15) is 38.3 Å². The number of benzene rings is 2. The quantitative estimate of drug-likeness (QED) is 0.667. The third-order valence-electron chi connectivity index (χ3n) is 4.62. The Bertz CT molecular complexity index is 823. The summed E-state index contributed by atoms with van der Waals surface area (Å²) in [4.78, 5) is 12.3. The largest absolute Gasteiger partial charge is 0.497 e. The van der Waals surface area contributed by atoms with Gasteiger partial charge in [0.1, 0.15) is 5.75 Å². The molecule has 0 aliphatic carbocycles. The topological polar surface area (TPSA) is 38.3 Å². The molecule has 0 fully saturated rings. The third-order valence-corrected chi connectivity index (χ3v) is 4.83. The van der Waals surface area contributed by atoms with E-state index < -0.39 is 0 Å². The Morgan fingerprint density at radius 3 is 2.38 bits per heavy atom. The predicted molar refractivity (Wildman–Crippen MR) is 110 cm³/mol. The summed E-state index contributed by atoms with van der Waals surface area (Å²) in [5.41, 5.74) is 5.86. The highest BCUT2D eigenvalue weighted by molar-refractivity contribution is 6.31. The van der Waals surface area contributed by atoms with E-state index in [-0.39, 0.29) is 5.91 Å². The molecule has 3 nitrogen and oxygen atoms in total. The molecule has 0 atom stereocenters. The van der Waals surface area contributed by atoms with Crippen molar-refractivity contribution in [3.8, 4) is 16.9 Å². The molecule has 2 rings (SSSR count). The van der Waals surface area contributed by atoms with Crippen LogP contribution in [0.25, 0.3) is 16.7 Å². The van der Waals surface area contributed by atoms with Crippen LogP contribution in [0.15, 0.2) is 42.0 Å². The van der Waals surface area contributed by atoms with Gasteiger partial charge < -0.3 is 10.1 Å². The lowest BCUT2D eigenvalue weighted by Crippen LogP contribution is -2.25. The number of allylic oxidation sites excluding steroid dienone is 1. The maximum atomic E-state index is 12.3. The maximum absolute atomic E-state index is 12.3. The van der Waals surface area contributed by atoms with Crippen molar-refractivity contribution < 1.29 is 9.53 Å². The first-order chi connectivity index (χ1) is 12.4. The lowest BCUT2D eigenvalue weighted by atomic mass is 9.91. The van der Waals surface area contributed by atoms with Crippen LogP contribution in [0.4, 0.5) is 0 Å². The molecule has 0 aliphatic rings. The summed E-state index contributed by atoms with van der Waals surface area (Å²) >= 11 is 6.39. The van der Waals surface area contributed by atoms with E-state index in [1.165, 1.54) is 0 Å². The lowest BCUT2D eigenvalue weighted by Gasteiger charge is -2.16. The number of hydrogen-bond acceptors (Lipinski definition) is 2. The zero-order valence-corrected chi connectivity index (χ0v) is 16.8. The first kappa shape index (κ1) is 20.1. The molecule has 0 aliphatic heterocycles. The molecule has 2 aromatic rings. The molecular formula is C22H26ClNO2. The summed E-state index contributed by atoms with van der Waals surface area (Å²) in [6.45, 7) is 8.60. The smallest absolute Gasteiger partial charge is 0.247 e. The van der Waals surface area contributed by atoms with Crippen LogP contribution in [0.3, 0.4) is 0 Å². The Morgan fingerprint density at radius 2 is 1.81 bits per heavy atom. The second kappa shape index (κ2) is 8.91. The standard InChI is InChI=1S/C22H26ClNO2/c1-6-11-24-22(25)15(3)14(2)20-12-18(23)13-21(16(20)4)17-7-9-19(26-5)10-8-17/h7-10,12-13H,6,11H2,1-5H3,(H,24,25)/b15-14+. The van der Waals surface area contributed by atoms with Crippen molar-refractivity contribution in [2.75, 3.05) is 13.7 Å². The van der Waals surface area contributed by atoms with Gasteiger partial charge in [0.2, 0.25) is 5.91 Å². The summed E-state index contributed by atoms with van der Waals surface area (Å²) in [5, 5.41) is 3.58. The van der Waals surface area contributed by atoms with Gasteiger partial charge >= 0.3 is 0 Å². The number of nitrogens with one attached hydrogen (secondary N) is 1. The van der Waals surface area contributed by atoms with Gasteiger partial charge in [-0.15, -0.1) is 0 Å². The van der Waals surface area contributed by atoms with E-state index in [9.17, 15) is 4.79 Å². The number of methoxy groups -OCH3 is 1. The summed E-state index contributed by atoms with van der Waals surface area (Å²) in [6.07, 6.45) is 0.913. The first-order valence-electron chi connectivity index (χ1n) is 8.79. The van der Waals surface area contributed by atoms with Crippen LogP contribution in [0.2, 0.25) is 5.02 Å². The lowest BCUT2D eigenvalue weighted by molar-refractivity contribution is -0.117. The Morgan fingerprint density at radius 1 is 1.15 bits per heavy atom. The Labute approximate surface area is 161 Å². The molecule has 1 amide bonds. The number of amides is 1. The second-order valence-electron chi connectivity index (χ2n) is 6.36. The molecule has 26 heavy (non-hydrogen) atoms. The molecule has 1 N–H and O–H groups in total. The number of halogens is 1. The molecule has 0 aromatic heterocycles. The minimum absolute atomic E-state index is 0.0327. The van der Waals surface area contributed by atoms with Crippen molar-refractivity contribution >= 4 is 23.1 Å². The van der Waals surface area contributed by atoms with Crippen molar-refractivity contribution in [2.24, 2.45) is 0 Å². The number of carbonyl (C=O) groups is 1. The van der Waals surface area contributed by atoms with Crippen LogP contribution in [-0.4, -0.2) is 19.6 Å². The van der Waals surface area contributed by atoms with E-state index in [0.29, 0.717) is 17.1 Å². The minimum Gasteiger partial charge on any atom is -0.497 e. The van der Waals surface area contributed by atoms with Gasteiger partial charge in [0, 0.05) is 17.1 Å². The highest BCUT2D eigenvalue weighted by atomic mass is 35.5. The van der Waals surface area contributed by atoms with Crippen molar-refractivity contribution in [1.29, 1.82) is 0 Å². The van der Waals surface area contributed by atoms with E-state index in [4.69, 9.17) is 16.3 Å². The summed E-state index contributed by atoms with van der Waals surface area (Å²) in [7, 11) is 1.65.